The van der Waals surface area contributed by atoms with E-state index < -0.39 is 0 Å². The number of tetrazole rings is 1. The van der Waals surface area contributed by atoms with E-state index >= 15 is 0 Å². The highest BCUT2D eigenvalue weighted by Crippen LogP contribution is 2.36. The highest BCUT2D eigenvalue weighted by Gasteiger charge is 2.28. The quantitative estimate of drug-likeness (QED) is 0.796. The Balaban J connectivity index is 1.42. The lowest BCUT2D eigenvalue weighted by Gasteiger charge is -2.31. The van der Waals surface area contributed by atoms with Crippen molar-refractivity contribution in [3.05, 3.63) is 0 Å². The molecule has 1 aromatic heterocycles. The number of likely N-dealkylation sites (tertiary alicyclic amines) is 1. The van der Waals surface area contributed by atoms with E-state index in [0.717, 1.165) is 30.7 Å². The highest BCUT2D eigenvalue weighted by atomic mass is 32.2. The Hall–Kier alpha value is -0.660. The predicted octanol–water partition coefficient (Wildman–Crippen LogP) is 1.19. The Morgan fingerprint density at radius 3 is 2.75 bits per heavy atom. The van der Waals surface area contributed by atoms with Crippen molar-refractivity contribution in [2.45, 2.75) is 49.9 Å². The number of nitrogens with zero attached hydrogens (tertiary/aromatic N) is 5. The number of thioether (sulfide) groups is 1. The fourth-order valence-electron chi connectivity index (χ4n) is 2.59. The summed E-state index contributed by atoms with van der Waals surface area (Å²) in [6, 6.07) is 0.494. The van der Waals surface area contributed by atoms with Gasteiger partial charge in [-0.15, -0.1) is 5.10 Å². The smallest absolute Gasteiger partial charge is 0.209 e. The molecule has 2 fully saturated rings. The summed E-state index contributed by atoms with van der Waals surface area (Å²) in [6.07, 6.45) is 4.54. The molecule has 1 aromatic rings. The number of aliphatic hydroxyl groups is 1. The SMILES string of the molecule is CC1CCN(CC(O)CSc2nnnn2C2CC2)CC1. The van der Waals surface area contributed by atoms with Gasteiger partial charge in [-0.2, -0.15) is 0 Å². The Morgan fingerprint density at radius 2 is 2.05 bits per heavy atom. The zero-order valence-corrected chi connectivity index (χ0v) is 12.8. The first-order valence-electron chi connectivity index (χ1n) is 7.53. The minimum atomic E-state index is -0.308. The maximum Gasteiger partial charge on any atom is 0.209 e. The Bertz CT molecular complexity index is 428. The largest absolute Gasteiger partial charge is 0.391 e. The molecule has 3 rings (SSSR count). The minimum absolute atomic E-state index is 0.308. The third-order valence-corrected chi connectivity index (χ3v) is 5.18. The van der Waals surface area contributed by atoms with Gasteiger partial charge in [-0.25, -0.2) is 4.68 Å². The van der Waals surface area contributed by atoms with Gasteiger partial charge in [0.25, 0.3) is 0 Å². The molecule has 1 saturated heterocycles. The van der Waals surface area contributed by atoms with Crippen molar-refractivity contribution in [3.8, 4) is 0 Å². The molecule has 112 valence electrons. The fraction of sp³-hybridized carbons (Fsp3) is 0.923. The van der Waals surface area contributed by atoms with Crippen LogP contribution in [0.15, 0.2) is 5.16 Å². The van der Waals surface area contributed by atoms with Crippen LogP contribution in [0.2, 0.25) is 0 Å². The molecule has 6 nitrogen and oxygen atoms in total. The number of aliphatic hydroxyl groups excluding tert-OH is 1. The van der Waals surface area contributed by atoms with E-state index in [2.05, 4.69) is 27.3 Å². The van der Waals surface area contributed by atoms with Crippen molar-refractivity contribution >= 4 is 11.8 Å². The summed E-state index contributed by atoms with van der Waals surface area (Å²) in [5.41, 5.74) is 0. The molecule has 1 N–H and O–H groups in total. The van der Waals surface area contributed by atoms with Gasteiger partial charge in [-0.3, -0.25) is 0 Å². The van der Waals surface area contributed by atoms with Gasteiger partial charge in [-0.05, 0) is 55.1 Å². The van der Waals surface area contributed by atoms with E-state index in [4.69, 9.17) is 0 Å². The monoisotopic (exact) mass is 297 g/mol. The summed E-state index contributed by atoms with van der Waals surface area (Å²) in [5, 5.41) is 22.8. The second-order valence-electron chi connectivity index (χ2n) is 6.09. The van der Waals surface area contributed by atoms with Crippen molar-refractivity contribution in [1.82, 2.24) is 25.1 Å². The molecule has 2 heterocycles. The van der Waals surface area contributed by atoms with Crippen LogP contribution in [0.5, 0.6) is 0 Å². The van der Waals surface area contributed by atoms with E-state index in [-0.39, 0.29) is 6.10 Å². The molecule has 20 heavy (non-hydrogen) atoms. The maximum absolute atomic E-state index is 10.2. The van der Waals surface area contributed by atoms with Gasteiger partial charge >= 0.3 is 0 Å². The molecule has 1 aliphatic heterocycles. The summed E-state index contributed by atoms with van der Waals surface area (Å²) in [5.74, 6) is 1.50. The fourth-order valence-corrected chi connectivity index (χ4v) is 3.45. The van der Waals surface area contributed by atoms with Crippen LogP contribution < -0.4 is 0 Å². The number of β-amino-alcohol motifs (C(OH)–C–C–N with tert-alkyl or cyclic N) is 1. The molecule has 7 heteroatoms. The number of hydrogen-bond donors (Lipinski definition) is 1. The van der Waals surface area contributed by atoms with Crippen molar-refractivity contribution in [3.63, 3.8) is 0 Å². The molecular weight excluding hydrogens is 274 g/mol. The van der Waals surface area contributed by atoms with Crippen LogP contribution in [0.1, 0.15) is 38.6 Å². The molecule has 1 atom stereocenters. The molecule has 0 aromatic carbocycles. The zero-order valence-electron chi connectivity index (χ0n) is 12.0. The summed E-state index contributed by atoms with van der Waals surface area (Å²) in [7, 11) is 0. The number of hydrogen-bond acceptors (Lipinski definition) is 6. The van der Waals surface area contributed by atoms with E-state index in [1.165, 1.54) is 25.7 Å². The van der Waals surface area contributed by atoms with Crippen LogP contribution in [0.3, 0.4) is 0 Å². The zero-order chi connectivity index (χ0) is 13.9. The second kappa shape index (κ2) is 6.41. The third-order valence-electron chi connectivity index (χ3n) is 4.11. The van der Waals surface area contributed by atoms with Crippen LogP contribution in [-0.2, 0) is 0 Å². The Labute approximate surface area is 123 Å². The van der Waals surface area contributed by atoms with Gasteiger partial charge in [-0.1, -0.05) is 18.7 Å². The van der Waals surface area contributed by atoms with Crippen molar-refractivity contribution in [2.75, 3.05) is 25.4 Å². The molecule has 1 unspecified atom stereocenters. The van der Waals surface area contributed by atoms with E-state index in [9.17, 15) is 5.11 Å². The van der Waals surface area contributed by atoms with E-state index in [0.29, 0.717) is 11.8 Å². The van der Waals surface area contributed by atoms with Crippen LogP contribution in [-0.4, -0.2) is 61.7 Å². The number of piperidine rings is 1. The lowest BCUT2D eigenvalue weighted by atomic mass is 9.99. The average Bonchev–Trinajstić information content (AvgIpc) is 3.18. The molecule has 0 radical (unpaired) electrons. The molecular formula is C13H23N5OS. The molecule has 0 spiro atoms. The maximum atomic E-state index is 10.2. The van der Waals surface area contributed by atoms with Gasteiger partial charge in [0.1, 0.15) is 0 Å². The lowest BCUT2D eigenvalue weighted by Crippen LogP contribution is -2.39. The highest BCUT2D eigenvalue weighted by molar-refractivity contribution is 7.99. The number of rotatable bonds is 6. The summed E-state index contributed by atoms with van der Waals surface area (Å²) in [4.78, 5) is 2.37. The Kier molecular flexibility index (Phi) is 4.58. The van der Waals surface area contributed by atoms with E-state index in [1.54, 1.807) is 11.8 Å². The van der Waals surface area contributed by atoms with Gasteiger partial charge in [0.2, 0.25) is 5.16 Å². The van der Waals surface area contributed by atoms with Gasteiger partial charge in [0.05, 0.1) is 12.1 Å². The van der Waals surface area contributed by atoms with Crippen LogP contribution in [0, 0.1) is 5.92 Å². The van der Waals surface area contributed by atoms with Crippen LogP contribution in [0.25, 0.3) is 0 Å². The van der Waals surface area contributed by atoms with E-state index in [1.807, 2.05) is 4.68 Å². The van der Waals surface area contributed by atoms with Crippen LogP contribution >= 0.6 is 11.8 Å². The Morgan fingerprint density at radius 1 is 1.30 bits per heavy atom. The molecule has 0 bridgehead atoms. The summed E-state index contributed by atoms with van der Waals surface area (Å²) in [6.45, 7) is 5.30. The van der Waals surface area contributed by atoms with Crippen molar-refractivity contribution < 1.29 is 5.11 Å². The van der Waals surface area contributed by atoms with Crippen LogP contribution in [0.4, 0.5) is 0 Å². The topological polar surface area (TPSA) is 67.1 Å². The normalized spacial score (nSPS) is 23.1. The van der Waals surface area contributed by atoms with Crippen molar-refractivity contribution in [2.24, 2.45) is 5.92 Å². The molecule has 0 amide bonds. The predicted molar refractivity (Wildman–Crippen MR) is 77.7 cm³/mol. The average molecular weight is 297 g/mol. The van der Waals surface area contributed by atoms with Gasteiger partial charge < -0.3 is 10.0 Å². The first-order chi connectivity index (χ1) is 9.72. The molecule has 1 saturated carbocycles. The third kappa shape index (κ3) is 3.71. The van der Waals surface area contributed by atoms with Gasteiger partial charge in [0, 0.05) is 12.3 Å². The second-order valence-corrected chi connectivity index (χ2v) is 7.07. The van der Waals surface area contributed by atoms with Gasteiger partial charge in [0.15, 0.2) is 0 Å². The van der Waals surface area contributed by atoms with Crippen molar-refractivity contribution in [1.29, 1.82) is 0 Å². The first kappa shape index (κ1) is 14.3. The number of aromatic nitrogens is 4. The molecule has 1 aliphatic carbocycles. The standard InChI is InChI=1S/C13H23N5OS/c1-10-4-6-17(7-5-10)8-12(19)9-20-13-14-15-16-18(13)11-2-3-11/h10-12,19H,2-9H2,1H3. The summed E-state index contributed by atoms with van der Waals surface area (Å²) >= 11 is 1.57. The first-order valence-corrected chi connectivity index (χ1v) is 8.52. The molecule has 2 aliphatic rings. The lowest BCUT2D eigenvalue weighted by molar-refractivity contribution is 0.105. The summed E-state index contributed by atoms with van der Waals surface area (Å²) < 4.78 is 1.90. The minimum Gasteiger partial charge on any atom is -0.391 e.